The van der Waals surface area contributed by atoms with Crippen LogP contribution in [0.2, 0.25) is 0 Å². The van der Waals surface area contributed by atoms with Gasteiger partial charge in [0.2, 0.25) is 0 Å². The van der Waals surface area contributed by atoms with Crippen molar-refractivity contribution < 1.29 is 14.4 Å². The monoisotopic (exact) mass is 298 g/mol. The van der Waals surface area contributed by atoms with Gasteiger partial charge in [-0.25, -0.2) is 0 Å². The van der Waals surface area contributed by atoms with Crippen LogP contribution in [0.15, 0.2) is 23.8 Å². The fourth-order valence-electron chi connectivity index (χ4n) is 5.81. The number of ketones is 3. The number of hydrogen-bond acceptors (Lipinski definition) is 3. The van der Waals surface area contributed by atoms with Gasteiger partial charge in [0, 0.05) is 29.2 Å². The summed E-state index contributed by atoms with van der Waals surface area (Å²) in [5.74, 6) is 1.44. The maximum Gasteiger partial charge on any atom is 0.178 e. The number of fused-ring (bicyclic) bond motifs is 5. The maximum absolute atomic E-state index is 12.7. The number of carbonyl (C=O) groups is 3. The predicted octanol–water partition coefficient (Wildman–Crippen LogP) is 3.04. The van der Waals surface area contributed by atoms with Crippen LogP contribution in [-0.4, -0.2) is 17.3 Å². The van der Waals surface area contributed by atoms with Crippen molar-refractivity contribution in [1.29, 1.82) is 0 Å². The molecule has 4 rings (SSSR count). The number of Topliss-reactive ketones (excluding diaryl/α,β-unsaturated/α-hetero) is 2. The molecule has 0 N–H and O–H groups in total. The number of carbonyl (C=O) groups excluding carboxylic acids is 3. The second-order valence-corrected chi connectivity index (χ2v) is 8.00. The number of rotatable bonds is 0. The van der Waals surface area contributed by atoms with Crippen LogP contribution < -0.4 is 0 Å². The minimum atomic E-state index is -0.319. The van der Waals surface area contributed by atoms with Gasteiger partial charge in [-0.2, -0.15) is 0 Å². The van der Waals surface area contributed by atoms with E-state index in [1.807, 2.05) is 6.08 Å². The lowest BCUT2D eigenvalue weighted by molar-refractivity contribution is -0.135. The highest BCUT2D eigenvalue weighted by Gasteiger charge is 2.60. The zero-order chi connectivity index (χ0) is 15.7. The first kappa shape index (κ1) is 14.1. The van der Waals surface area contributed by atoms with Crippen LogP contribution in [0.3, 0.4) is 0 Å². The van der Waals surface area contributed by atoms with Gasteiger partial charge in [-0.3, -0.25) is 14.4 Å². The Labute approximate surface area is 130 Å². The van der Waals surface area contributed by atoms with Gasteiger partial charge in [0.1, 0.15) is 5.78 Å². The summed E-state index contributed by atoms with van der Waals surface area (Å²) >= 11 is 0. The summed E-state index contributed by atoms with van der Waals surface area (Å²) in [6.07, 6.45) is 9.14. The third-order valence-electron chi connectivity index (χ3n) is 7.10. The molecule has 0 spiro atoms. The van der Waals surface area contributed by atoms with E-state index in [1.165, 1.54) is 0 Å². The fraction of sp³-hybridized carbons (Fsp3) is 0.632. The van der Waals surface area contributed by atoms with Crippen LogP contribution in [-0.2, 0) is 14.4 Å². The zero-order valence-corrected chi connectivity index (χ0v) is 13.2. The lowest BCUT2D eigenvalue weighted by Gasteiger charge is -2.54. The van der Waals surface area contributed by atoms with E-state index in [0.29, 0.717) is 36.0 Å². The van der Waals surface area contributed by atoms with Crippen molar-refractivity contribution in [3.8, 4) is 0 Å². The molecule has 5 unspecified atom stereocenters. The van der Waals surface area contributed by atoms with Crippen LogP contribution in [0.5, 0.6) is 0 Å². The van der Waals surface area contributed by atoms with Gasteiger partial charge in [-0.1, -0.05) is 19.9 Å². The largest absolute Gasteiger partial charge is 0.299 e. The summed E-state index contributed by atoms with van der Waals surface area (Å²) in [4.78, 5) is 36.7. The van der Waals surface area contributed by atoms with E-state index < -0.39 is 0 Å². The second kappa shape index (κ2) is 4.27. The molecule has 4 aliphatic rings. The van der Waals surface area contributed by atoms with Crippen molar-refractivity contribution in [1.82, 2.24) is 0 Å². The molecule has 0 bridgehead atoms. The molecule has 3 nitrogen and oxygen atoms in total. The van der Waals surface area contributed by atoms with Crippen molar-refractivity contribution in [2.45, 2.75) is 46.0 Å². The number of allylic oxidation sites excluding steroid dienone is 4. The summed E-state index contributed by atoms with van der Waals surface area (Å²) in [5.41, 5.74) is 0.169. The van der Waals surface area contributed by atoms with Crippen molar-refractivity contribution in [3.63, 3.8) is 0 Å². The lowest BCUT2D eigenvalue weighted by Crippen LogP contribution is -2.52. The van der Waals surface area contributed by atoms with Gasteiger partial charge in [0.05, 0.1) is 0 Å². The van der Waals surface area contributed by atoms with E-state index in [4.69, 9.17) is 0 Å². The van der Waals surface area contributed by atoms with Crippen molar-refractivity contribution >= 4 is 17.3 Å². The molecule has 0 aliphatic heterocycles. The first-order chi connectivity index (χ1) is 10.4. The fourth-order valence-corrected chi connectivity index (χ4v) is 5.81. The Balaban J connectivity index is 1.78. The molecule has 0 amide bonds. The molecule has 116 valence electrons. The molecule has 4 aliphatic carbocycles. The number of hydrogen-bond donors (Lipinski definition) is 0. The zero-order valence-electron chi connectivity index (χ0n) is 13.2. The molecule has 0 radical (unpaired) electrons. The average molecular weight is 298 g/mol. The highest BCUT2D eigenvalue weighted by Crippen LogP contribution is 2.62. The van der Waals surface area contributed by atoms with Gasteiger partial charge >= 0.3 is 0 Å². The smallest absolute Gasteiger partial charge is 0.178 e. The predicted molar refractivity (Wildman–Crippen MR) is 82.0 cm³/mol. The van der Waals surface area contributed by atoms with E-state index in [0.717, 1.165) is 19.3 Å². The van der Waals surface area contributed by atoms with Gasteiger partial charge in [-0.05, 0) is 49.2 Å². The summed E-state index contributed by atoms with van der Waals surface area (Å²) < 4.78 is 0. The van der Waals surface area contributed by atoms with E-state index in [1.54, 1.807) is 12.2 Å². The Kier molecular flexibility index (Phi) is 2.74. The van der Waals surface area contributed by atoms with E-state index >= 15 is 0 Å². The van der Waals surface area contributed by atoms with Crippen molar-refractivity contribution in [3.05, 3.63) is 23.8 Å². The standard InChI is InChI=1S/C19H22O3/c1-18-7-5-11(20)9-15(18)16(21)10-12-13-3-4-17(22)19(13,2)8-6-14(12)18/h5,7,9,12-14H,3-4,6,8,10H2,1-2H3. The normalized spacial score (nSPS) is 46.9. The molecule has 0 aromatic carbocycles. The maximum atomic E-state index is 12.7. The summed E-state index contributed by atoms with van der Waals surface area (Å²) in [5, 5.41) is 0. The summed E-state index contributed by atoms with van der Waals surface area (Å²) in [6.45, 7) is 4.22. The van der Waals surface area contributed by atoms with E-state index in [9.17, 15) is 14.4 Å². The lowest BCUT2D eigenvalue weighted by atomic mass is 9.48. The Morgan fingerprint density at radius 2 is 1.86 bits per heavy atom. The van der Waals surface area contributed by atoms with Crippen molar-refractivity contribution in [2.24, 2.45) is 28.6 Å². The molecule has 5 atom stereocenters. The Hall–Kier alpha value is -1.51. The minimum absolute atomic E-state index is 0.0732. The van der Waals surface area contributed by atoms with Crippen LogP contribution in [0.25, 0.3) is 0 Å². The van der Waals surface area contributed by atoms with E-state index in [-0.39, 0.29) is 28.3 Å². The highest BCUT2D eigenvalue weighted by atomic mass is 16.1. The SMILES string of the molecule is CC12C=CC(=O)C=C1C(=O)CC1C2CCC2(C)C(=O)CCC12. The third kappa shape index (κ3) is 1.60. The van der Waals surface area contributed by atoms with Gasteiger partial charge in [0.25, 0.3) is 0 Å². The molecule has 22 heavy (non-hydrogen) atoms. The second-order valence-electron chi connectivity index (χ2n) is 8.00. The Morgan fingerprint density at radius 3 is 2.64 bits per heavy atom. The molecule has 3 fully saturated rings. The van der Waals surface area contributed by atoms with Crippen LogP contribution in [0.1, 0.15) is 46.0 Å². The van der Waals surface area contributed by atoms with Crippen molar-refractivity contribution in [2.75, 3.05) is 0 Å². The average Bonchev–Trinajstić information content (AvgIpc) is 2.77. The topological polar surface area (TPSA) is 51.2 Å². The molecule has 0 heterocycles. The molecule has 3 saturated carbocycles. The molecular formula is C19H22O3. The molecular weight excluding hydrogens is 276 g/mol. The minimum Gasteiger partial charge on any atom is -0.299 e. The van der Waals surface area contributed by atoms with Crippen LogP contribution in [0.4, 0.5) is 0 Å². The quantitative estimate of drug-likeness (QED) is 0.690. The summed E-state index contributed by atoms with van der Waals surface area (Å²) in [6, 6.07) is 0. The van der Waals surface area contributed by atoms with Gasteiger partial charge < -0.3 is 0 Å². The molecule has 0 saturated heterocycles. The molecule has 0 aromatic heterocycles. The van der Waals surface area contributed by atoms with E-state index in [2.05, 4.69) is 13.8 Å². The van der Waals surface area contributed by atoms with Crippen LogP contribution in [0, 0.1) is 28.6 Å². The van der Waals surface area contributed by atoms with Crippen LogP contribution >= 0.6 is 0 Å². The molecule has 0 aromatic rings. The Morgan fingerprint density at radius 1 is 1.09 bits per heavy atom. The highest BCUT2D eigenvalue weighted by molar-refractivity contribution is 6.10. The third-order valence-corrected chi connectivity index (χ3v) is 7.10. The summed E-state index contributed by atoms with van der Waals surface area (Å²) in [7, 11) is 0. The first-order valence-electron chi connectivity index (χ1n) is 8.38. The molecule has 3 heteroatoms. The Bertz CT molecular complexity index is 656. The van der Waals surface area contributed by atoms with Gasteiger partial charge in [-0.15, -0.1) is 0 Å². The van der Waals surface area contributed by atoms with Gasteiger partial charge in [0.15, 0.2) is 11.6 Å². The first-order valence-corrected chi connectivity index (χ1v) is 8.38.